The van der Waals surface area contributed by atoms with Crippen LogP contribution in [0.2, 0.25) is 0 Å². The highest BCUT2D eigenvalue weighted by atomic mass is 19.1. The number of carbonyl (C=O) groups is 1. The summed E-state index contributed by atoms with van der Waals surface area (Å²) in [7, 11) is 0. The molecule has 17 heavy (non-hydrogen) atoms. The van der Waals surface area contributed by atoms with Gasteiger partial charge in [-0.3, -0.25) is 4.79 Å². The molecular weight excluding hydrogens is 225 g/mol. The molecule has 92 valence electrons. The molecule has 0 spiro atoms. The molecule has 0 bridgehead atoms. The number of hydrogen-bond donors (Lipinski definition) is 1. The van der Waals surface area contributed by atoms with Gasteiger partial charge in [0.15, 0.2) is 18.2 Å². The number of rotatable bonds is 3. The zero-order valence-electron chi connectivity index (χ0n) is 9.30. The largest absolute Gasteiger partial charge is 0.481 e. The van der Waals surface area contributed by atoms with Crippen molar-refractivity contribution in [2.75, 3.05) is 19.7 Å². The summed E-state index contributed by atoms with van der Waals surface area (Å²) in [6, 6.07) is 5.95. The summed E-state index contributed by atoms with van der Waals surface area (Å²) in [4.78, 5) is 13.2. The fourth-order valence-corrected chi connectivity index (χ4v) is 1.76. The average Bonchev–Trinajstić information content (AvgIpc) is 2.74. The minimum absolute atomic E-state index is 0.0700. The fraction of sp³-hybridized carbons (Fsp3) is 0.417. The minimum atomic E-state index is -0.484. The van der Waals surface area contributed by atoms with Crippen molar-refractivity contribution < 1.29 is 19.0 Å². The monoisotopic (exact) mass is 239 g/mol. The van der Waals surface area contributed by atoms with Gasteiger partial charge in [0.05, 0.1) is 6.10 Å². The van der Waals surface area contributed by atoms with E-state index >= 15 is 0 Å². The van der Waals surface area contributed by atoms with E-state index in [1.54, 1.807) is 12.1 Å². The Morgan fingerprint density at radius 2 is 2.29 bits per heavy atom. The van der Waals surface area contributed by atoms with Crippen molar-refractivity contribution in [2.45, 2.75) is 12.5 Å². The number of nitrogens with zero attached hydrogens (tertiary/aromatic N) is 1. The third-order valence-corrected chi connectivity index (χ3v) is 2.70. The second-order valence-corrected chi connectivity index (χ2v) is 4.00. The van der Waals surface area contributed by atoms with Gasteiger partial charge in [0.1, 0.15) is 0 Å². The summed E-state index contributed by atoms with van der Waals surface area (Å²) in [5.74, 6) is -0.646. The molecule has 0 radical (unpaired) electrons. The van der Waals surface area contributed by atoms with Crippen molar-refractivity contribution in [3.63, 3.8) is 0 Å². The van der Waals surface area contributed by atoms with Gasteiger partial charge in [0.2, 0.25) is 0 Å². The first kappa shape index (κ1) is 11.9. The lowest BCUT2D eigenvalue weighted by atomic mass is 10.3. The van der Waals surface area contributed by atoms with Gasteiger partial charge in [-0.05, 0) is 18.6 Å². The molecular formula is C12H14FNO3. The highest BCUT2D eigenvalue weighted by Crippen LogP contribution is 2.16. The van der Waals surface area contributed by atoms with Crippen molar-refractivity contribution >= 4 is 5.91 Å². The number of β-amino-alcohol motifs (C(OH)–C–C–N with tert-alkyl or cyclic N) is 1. The Kier molecular flexibility index (Phi) is 3.58. The summed E-state index contributed by atoms with van der Waals surface area (Å²) < 4.78 is 18.3. The molecule has 1 aliphatic rings. The van der Waals surface area contributed by atoms with Crippen LogP contribution in [-0.2, 0) is 4.79 Å². The summed E-state index contributed by atoms with van der Waals surface area (Å²) in [5.41, 5.74) is 0. The van der Waals surface area contributed by atoms with Crippen molar-refractivity contribution in [1.82, 2.24) is 4.90 Å². The maximum Gasteiger partial charge on any atom is 0.260 e. The predicted molar refractivity (Wildman–Crippen MR) is 59.1 cm³/mol. The molecule has 1 aromatic rings. The van der Waals surface area contributed by atoms with Crippen LogP contribution in [0.15, 0.2) is 24.3 Å². The molecule has 2 rings (SSSR count). The molecule has 0 aliphatic carbocycles. The Morgan fingerprint density at radius 3 is 2.94 bits per heavy atom. The van der Waals surface area contributed by atoms with E-state index in [2.05, 4.69) is 0 Å². The summed E-state index contributed by atoms with van der Waals surface area (Å²) in [5, 5.41) is 9.28. The van der Waals surface area contributed by atoms with E-state index < -0.39 is 11.9 Å². The lowest BCUT2D eigenvalue weighted by Crippen LogP contribution is -2.33. The molecule has 0 saturated carbocycles. The van der Waals surface area contributed by atoms with E-state index in [9.17, 15) is 14.3 Å². The number of aliphatic hydroxyl groups is 1. The van der Waals surface area contributed by atoms with E-state index in [0.717, 1.165) is 0 Å². The highest BCUT2D eigenvalue weighted by molar-refractivity contribution is 5.78. The van der Waals surface area contributed by atoms with Gasteiger partial charge in [-0.2, -0.15) is 0 Å². The molecule has 1 amide bonds. The minimum Gasteiger partial charge on any atom is -0.481 e. The maximum atomic E-state index is 13.2. The van der Waals surface area contributed by atoms with Crippen LogP contribution in [0.5, 0.6) is 5.75 Å². The normalized spacial score (nSPS) is 19.4. The van der Waals surface area contributed by atoms with Crippen molar-refractivity contribution in [1.29, 1.82) is 0 Å². The lowest BCUT2D eigenvalue weighted by molar-refractivity contribution is -0.132. The third-order valence-electron chi connectivity index (χ3n) is 2.70. The molecule has 1 atom stereocenters. The Hall–Kier alpha value is -1.62. The van der Waals surface area contributed by atoms with Crippen LogP contribution in [0.1, 0.15) is 6.42 Å². The quantitative estimate of drug-likeness (QED) is 0.848. The number of para-hydroxylation sites is 1. The second kappa shape index (κ2) is 5.14. The molecule has 4 nitrogen and oxygen atoms in total. The van der Waals surface area contributed by atoms with Gasteiger partial charge in [0, 0.05) is 13.1 Å². The van der Waals surface area contributed by atoms with Gasteiger partial charge >= 0.3 is 0 Å². The summed E-state index contributed by atoms with van der Waals surface area (Å²) >= 11 is 0. The average molecular weight is 239 g/mol. The van der Waals surface area contributed by atoms with Crippen LogP contribution in [-0.4, -0.2) is 41.7 Å². The van der Waals surface area contributed by atoms with Crippen LogP contribution < -0.4 is 4.74 Å². The number of aliphatic hydroxyl groups excluding tert-OH is 1. The standard InChI is InChI=1S/C12H14FNO3/c13-10-3-1-2-4-11(10)17-8-12(16)14-6-5-9(15)7-14/h1-4,9,15H,5-8H2/t9-/m0/s1. The first-order valence-corrected chi connectivity index (χ1v) is 5.50. The molecule has 1 heterocycles. The van der Waals surface area contributed by atoms with E-state index in [0.29, 0.717) is 19.5 Å². The Morgan fingerprint density at radius 1 is 1.53 bits per heavy atom. The fourth-order valence-electron chi connectivity index (χ4n) is 1.76. The number of likely N-dealkylation sites (tertiary alicyclic amines) is 1. The van der Waals surface area contributed by atoms with E-state index in [1.165, 1.54) is 17.0 Å². The van der Waals surface area contributed by atoms with Crippen molar-refractivity contribution in [2.24, 2.45) is 0 Å². The van der Waals surface area contributed by atoms with Gasteiger partial charge in [-0.15, -0.1) is 0 Å². The number of amides is 1. The van der Waals surface area contributed by atoms with Crippen molar-refractivity contribution in [3.8, 4) is 5.75 Å². The van der Waals surface area contributed by atoms with Crippen LogP contribution in [0, 0.1) is 5.82 Å². The molecule has 0 unspecified atom stereocenters. The van der Waals surface area contributed by atoms with E-state index in [4.69, 9.17) is 4.74 Å². The van der Waals surface area contributed by atoms with Crippen LogP contribution in [0.4, 0.5) is 4.39 Å². The molecule has 1 fully saturated rings. The second-order valence-electron chi connectivity index (χ2n) is 4.00. The molecule has 1 saturated heterocycles. The Balaban J connectivity index is 1.86. The van der Waals surface area contributed by atoms with Crippen LogP contribution >= 0.6 is 0 Å². The summed E-state index contributed by atoms with van der Waals surface area (Å²) in [6.45, 7) is 0.660. The zero-order valence-corrected chi connectivity index (χ0v) is 9.30. The van der Waals surface area contributed by atoms with Gasteiger partial charge in [0.25, 0.3) is 5.91 Å². The predicted octanol–water partition coefficient (Wildman–Crippen LogP) is 0.798. The zero-order chi connectivity index (χ0) is 12.3. The van der Waals surface area contributed by atoms with Gasteiger partial charge in [-0.1, -0.05) is 12.1 Å². The maximum absolute atomic E-state index is 13.2. The lowest BCUT2D eigenvalue weighted by Gasteiger charge is -2.15. The number of carbonyl (C=O) groups excluding carboxylic acids is 1. The van der Waals surface area contributed by atoms with Gasteiger partial charge < -0.3 is 14.7 Å². The number of ether oxygens (including phenoxy) is 1. The van der Waals surface area contributed by atoms with Crippen LogP contribution in [0.3, 0.4) is 0 Å². The SMILES string of the molecule is O=C(COc1ccccc1F)N1CC[C@H](O)C1. The molecule has 5 heteroatoms. The molecule has 0 aromatic heterocycles. The Bertz CT molecular complexity index is 410. The number of benzene rings is 1. The smallest absolute Gasteiger partial charge is 0.260 e. The first-order chi connectivity index (χ1) is 8.16. The molecule has 1 aromatic carbocycles. The number of hydrogen-bond acceptors (Lipinski definition) is 3. The number of halogens is 1. The highest BCUT2D eigenvalue weighted by Gasteiger charge is 2.24. The van der Waals surface area contributed by atoms with Crippen molar-refractivity contribution in [3.05, 3.63) is 30.1 Å². The third kappa shape index (κ3) is 2.94. The topological polar surface area (TPSA) is 49.8 Å². The van der Waals surface area contributed by atoms with E-state index in [1.807, 2.05) is 0 Å². The van der Waals surface area contributed by atoms with Gasteiger partial charge in [-0.25, -0.2) is 4.39 Å². The molecule has 1 aliphatic heterocycles. The van der Waals surface area contributed by atoms with E-state index in [-0.39, 0.29) is 18.3 Å². The summed E-state index contributed by atoms with van der Waals surface area (Å²) in [6.07, 6.45) is 0.137. The molecule has 1 N–H and O–H groups in total. The van der Waals surface area contributed by atoms with Crippen LogP contribution in [0.25, 0.3) is 0 Å². The first-order valence-electron chi connectivity index (χ1n) is 5.50. The Labute approximate surface area is 98.6 Å².